The lowest BCUT2D eigenvalue weighted by Gasteiger charge is -2.14. The number of hydrogen-bond donors (Lipinski definition) is 0. The normalized spacial score (nSPS) is 12.4. The Labute approximate surface area is 759 Å². The summed E-state index contributed by atoms with van der Waals surface area (Å²) in [5, 5.41) is 9.23. The van der Waals surface area contributed by atoms with Crippen molar-refractivity contribution < 1.29 is 47.3 Å². The van der Waals surface area contributed by atoms with Gasteiger partial charge in [0.1, 0.15) is 42.8 Å². The second-order valence-corrected chi connectivity index (χ2v) is 36.2. The van der Waals surface area contributed by atoms with E-state index in [0.717, 1.165) is 140 Å². The van der Waals surface area contributed by atoms with Crippen LogP contribution in [0, 0.1) is 133 Å². The van der Waals surface area contributed by atoms with Crippen LogP contribution in [-0.2, 0) is 54.5 Å². The molecule has 19 aromatic rings. The van der Waals surface area contributed by atoms with Crippen molar-refractivity contribution >= 4 is 98.7 Å². The Morgan fingerprint density at radius 1 is 0.352 bits per heavy atom. The Morgan fingerprint density at radius 3 is 1.24 bits per heavy atom. The number of aromatic nitrogens is 10. The highest BCUT2D eigenvalue weighted by Gasteiger charge is 2.30. The predicted octanol–water partition coefficient (Wildman–Crippen LogP) is 25.9. The molecule has 0 saturated heterocycles. The molecule has 9 aromatic heterocycles. The molecule has 648 valence electrons. The lowest BCUT2D eigenvalue weighted by atomic mass is 9.94. The Hall–Kier alpha value is -13.2. The number of furan rings is 2. The van der Waals surface area contributed by atoms with E-state index in [1.807, 2.05) is 209 Å². The highest BCUT2D eigenvalue weighted by molar-refractivity contribution is 6.11. The molecule has 0 aliphatic heterocycles. The molecule has 0 aliphatic rings. The number of halogens is 2. The topological polar surface area (TPSA) is 110 Å². The first-order chi connectivity index (χ1) is 63.0. The zero-order chi connectivity index (χ0) is 95.7. The van der Waals surface area contributed by atoms with Crippen LogP contribution in [-0.4, -0.2) is 24.9 Å². The summed E-state index contributed by atoms with van der Waals surface area (Å²) >= 11 is 0. The maximum atomic E-state index is 14.3. The van der Waals surface area contributed by atoms with Crippen molar-refractivity contribution in [2.24, 2.45) is 53.0 Å². The van der Waals surface area contributed by atoms with Crippen LogP contribution < -0.4 is 22.8 Å². The summed E-state index contributed by atoms with van der Waals surface area (Å²) in [5.41, 5.74) is 35.7. The van der Waals surface area contributed by atoms with Gasteiger partial charge in [0.15, 0.2) is 27.7 Å². The van der Waals surface area contributed by atoms with Crippen LogP contribution in [0.15, 0.2) is 216 Å². The minimum absolute atomic E-state index is 0.110. The van der Waals surface area contributed by atoms with Gasteiger partial charge in [0.05, 0.1) is 48.4 Å². The van der Waals surface area contributed by atoms with Crippen molar-refractivity contribution in [3.8, 4) is 56.3 Å². The Morgan fingerprint density at radius 2 is 0.766 bits per heavy atom. The van der Waals surface area contributed by atoms with E-state index in [-0.39, 0.29) is 23.1 Å². The third kappa shape index (κ3) is 17.4. The third-order valence-electron chi connectivity index (χ3n) is 25.4. The van der Waals surface area contributed by atoms with Gasteiger partial charge >= 0.3 is 0 Å². The summed E-state index contributed by atoms with van der Waals surface area (Å²) in [6, 6.07) is 63.9. The van der Waals surface area contributed by atoms with Crippen molar-refractivity contribution in [3.63, 3.8) is 0 Å². The summed E-state index contributed by atoms with van der Waals surface area (Å²) in [4.78, 5) is 22.8. The molecule has 0 N–H and O–H groups in total. The zero-order valence-corrected chi connectivity index (χ0v) is 78.8. The van der Waals surface area contributed by atoms with E-state index in [1.54, 1.807) is 6.07 Å². The number of pyridine rings is 4. The lowest BCUT2D eigenvalue weighted by Crippen LogP contribution is -2.32. The molecule has 0 unspecified atom stereocenters. The monoisotopic (exact) mass is 1700 g/mol. The molecule has 0 amide bonds. The van der Waals surface area contributed by atoms with Gasteiger partial charge in [0, 0.05) is 91.5 Å². The molecule has 0 atom stereocenters. The van der Waals surface area contributed by atoms with Crippen molar-refractivity contribution in [2.75, 3.05) is 0 Å². The van der Waals surface area contributed by atoms with Gasteiger partial charge in [-0.3, -0.25) is 0 Å². The summed E-state index contributed by atoms with van der Waals surface area (Å²) in [6.45, 7) is 38.4. The van der Waals surface area contributed by atoms with E-state index >= 15 is 0 Å². The predicted molar refractivity (Wildman–Crippen MR) is 523 cm³/mol. The van der Waals surface area contributed by atoms with E-state index in [4.69, 9.17) is 15.7 Å². The number of nitrogens with zero attached hydrogens (tertiary/aromatic N) is 10. The van der Waals surface area contributed by atoms with Gasteiger partial charge < -0.3 is 8.83 Å². The number of aryl methyl sites for hydroxylation is 13. The van der Waals surface area contributed by atoms with Crippen LogP contribution in [0.1, 0.15) is 149 Å². The van der Waals surface area contributed by atoms with E-state index in [1.165, 1.54) is 66.5 Å². The van der Waals surface area contributed by atoms with Gasteiger partial charge in [-0.25, -0.2) is 32.5 Å². The average Bonchev–Trinajstić information content (AvgIpc) is 1.56. The second kappa shape index (κ2) is 36.6. The van der Waals surface area contributed by atoms with E-state index < -0.39 is 13.2 Å². The highest BCUT2D eigenvalue weighted by Crippen LogP contribution is 2.43. The molecule has 0 spiro atoms. The number of rotatable bonds is 11. The fourth-order valence-electron chi connectivity index (χ4n) is 18.3. The standard InChI is InChI=1S/2C28H29N2O.C22H26FN2.C18H18FN2.C18H19N2/c2*1-16(2)14-20-8-7-9-24-21(20)12-13-25(30(24)6)26-19(5)17(3)15-23-22-11-10-18(4)29-28(22)31-27(23)26;1-13(2)9-17-7-8-18-20(11-17)24-12-25(6)22(18)19-10-14(3)21(23)16(5)15(19)4;1-11-9-15(12(2)13(3)17(11)19)18-14-7-5-6-8-16(14)20-10-21(18)4;1-12-9-13(2)14(3)16(10-12)18-15-7-5-6-8-17(15)19-11-20(18)4/h2*7-13,15-16H,14H2,1-6H3;7-8,10-13H,9H2,1-6H3;5-10H,1-4H3;5-11H,1-4H3/q5*+1/i3D3,14D2;;;;. The van der Waals surface area contributed by atoms with Gasteiger partial charge in [-0.15, -0.1) is 0 Å². The summed E-state index contributed by atoms with van der Waals surface area (Å²) in [5.74, 6) is 0.818. The maximum absolute atomic E-state index is 14.3. The van der Waals surface area contributed by atoms with Gasteiger partial charge in [-0.2, -0.15) is 9.13 Å². The van der Waals surface area contributed by atoms with E-state index in [0.29, 0.717) is 67.6 Å². The van der Waals surface area contributed by atoms with Crippen LogP contribution in [0.3, 0.4) is 0 Å². The van der Waals surface area contributed by atoms with Crippen molar-refractivity contribution in [1.29, 1.82) is 0 Å². The average molecular weight is 1710 g/mol. The number of para-hydroxylation sites is 2. The first-order valence-corrected chi connectivity index (χ1v) is 44.4. The van der Waals surface area contributed by atoms with Crippen molar-refractivity contribution in [2.45, 2.75) is 165 Å². The van der Waals surface area contributed by atoms with Crippen molar-refractivity contribution in [1.82, 2.24) is 24.9 Å². The van der Waals surface area contributed by atoms with Crippen LogP contribution in [0.2, 0.25) is 0 Å². The molecule has 10 aromatic carbocycles. The van der Waals surface area contributed by atoms with Gasteiger partial charge in [0.25, 0.3) is 19.0 Å². The first kappa shape index (κ1) is 83.0. The number of benzene rings is 10. The molecule has 0 radical (unpaired) electrons. The van der Waals surface area contributed by atoms with Gasteiger partial charge in [-0.05, 0) is 342 Å². The number of hydrogen-bond acceptors (Lipinski definition) is 7. The van der Waals surface area contributed by atoms with E-state index in [2.05, 4.69) is 214 Å². The number of fused-ring (bicyclic) bond motifs is 11. The molecule has 0 bridgehead atoms. The quantitative estimate of drug-likeness (QED) is 0.119. The molecule has 0 saturated carbocycles. The molecule has 9 heterocycles. The summed E-state index contributed by atoms with van der Waals surface area (Å²) in [6.07, 6.45) is 6.19. The van der Waals surface area contributed by atoms with Crippen LogP contribution in [0.4, 0.5) is 8.78 Å². The lowest BCUT2D eigenvalue weighted by molar-refractivity contribution is -0.662. The van der Waals surface area contributed by atoms with Crippen LogP contribution >= 0.6 is 0 Å². The van der Waals surface area contributed by atoms with Crippen LogP contribution in [0.25, 0.3) is 155 Å². The molecular weight excluding hydrogens is 1580 g/mol. The molecule has 0 aliphatic carbocycles. The Bertz CT molecular complexity index is 7860. The molecule has 12 nitrogen and oxygen atoms in total. The largest absolute Gasteiger partial charge is 0.437 e. The van der Waals surface area contributed by atoms with Gasteiger partial charge in [-0.1, -0.05) is 108 Å². The summed E-state index contributed by atoms with van der Waals surface area (Å²) in [7, 11) is 10.1. The third-order valence-corrected chi connectivity index (χ3v) is 25.4. The van der Waals surface area contributed by atoms with E-state index in [9.17, 15) is 8.78 Å². The SMILES string of the molecule is Cc1cc(-c2c3ccc(CC(C)C)cc3nc[n+]2C)c(C)c(C)c1F.Cc1cc(-c2c3ccccc3nc[n+]2C)c(C)c(C)c1F.Cc1cc(C)c(C)c(-c2c3ccccc3nc[n+]2C)c1.Cc1ccc2c(n1)oc1c(-c3ccc4c(CC(C)C)cccc4[n+]3C)c(C)c(C)cc12.[2H]C([2H])([2H])c1cc2c(oc3nc(C)ccc32)c(-c2ccc3c(C([2H])([2H])C(C)C)cccc3[n+]2C)c1C. The molecule has 14 heteroatoms. The fraction of sp³-hybridized carbons (Fsp3) is 0.281. The smallest absolute Gasteiger partial charge is 0.287 e. The fourth-order valence-corrected chi connectivity index (χ4v) is 18.3. The molecule has 0 fully saturated rings. The molecule has 128 heavy (non-hydrogen) atoms. The van der Waals surface area contributed by atoms with Crippen LogP contribution in [0.5, 0.6) is 0 Å². The summed E-state index contributed by atoms with van der Waals surface area (Å²) < 4.78 is 93.4. The first-order valence-electron chi connectivity index (χ1n) is 46.9. The Balaban J connectivity index is 0.000000129. The second-order valence-electron chi connectivity index (χ2n) is 36.2. The van der Waals surface area contributed by atoms with Crippen molar-refractivity contribution in [3.05, 3.63) is 319 Å². The minimum atomic E-state index is -2.30. The van der Waals surface area contributed by atoms with Gasteiger partial charge in [0.2, 0.25) is 33.8 Å². The maximum Gasteiger partial charge on any atom is 0.287 e. The highest BCUT2D eigenvalue weighted by atomic mass is 19.1. The Kier molecular flexibility index (Phi) is 23.8. The minimum Gasteiger partial charge on any atom is -0.437 e. The molecular formula is C114H121F2N10O2+5. The zero-order valence-electron chi connectivity index (χ0n) is 83.8. The molecule has 19 rings (SSSR count).